The fourth-order valence-corrected chi connectivity index (χ4v) is 4.44. The average Bonchev–Trinajstić information content (AvgIpc) is 3.09. The van der Waals surface area contributed by atoms with Crippen LogP contribution in [0.25, 0.3) is 10.2 Å². The molecule has 0 N–H and O–H groups in total. The van der Waals surface area contributed by atoms with Crippen LogP contribution in [0.3, 0.4) is 0 Å². The highest BCUT2D eigenvalue weighted by Gasteiger charge is 2.23. The Bertz CT molecular complexity index is 986. The number of non-ortho nitro benzene ring substituents is 1. The summed E-state index contributed by atoms with van der Waals surface area (Å²) in [5.74, 6) is 1.43. The maximum Gasteiger partial charge on any atom is 0.271 e. The Labute approximate surface area is 146 Å². The Hall–Kier alpha value is -2.25. The van der Waals surface area contributed by atoms with E-state index in [-0.39, 0.29) is 10.7 Å². The summed E-state index contributed by atoms with van der Waals surface area (Å²) in [5, 5.41) is 11.9. The van der Waals surface area contributed by atoms with Crippen LogP contribution in [-0.4, -0.2) is 14.9 Å². The van der Waals surface area contributed by atoms with Crippen molar-refractivity contribution in [2.75, 3.05) is 0 Å². The lowest BCUT2D eigenvalue weighted by Crippen LogP contribution is -1.96. The van der Waals surface area contributed by atoms with Crippen LogP contribution >= 0.6 is 22.9 Å². The van der Waals surface area contributed by atoms with Gasteiger partial charge in [-0.15, -0.1) is 11.3 Å². The van der Waals surface area contributed by atoms with E-state index < -0.39 is 4.92 Å². The number of thiophene rings is 1. The van der Waals surface area contributed by atoms with Crippen molar-refractivity contribution >= 4 is 38.8 Å². The number of nitro groups is 1. The molecule has 4 rings (SSSR count). The number of rotatable bonds is 3. The van der Waals surface area contributed by atoms with Crippen LogP contribution in [0.4, 0.5) is 5.69 Å². The van der Waals surface area contributed by atoms with E-state index in [2.05, 4.69) is 9.97 Å². The molecule has 8 heteroatoms. The third-order valence-corrected chi connectivity index (χ3v) is 5.46. The van der Waals surface area contributed by atoms with Gasteiger partial charge in [0, 0.05) is 17.0 Å². The fourth-order valence-electron chi connectivity index (χ4n) is 2.93. The molecule has 0 atom stereocenters. The molecule has 0 saturated carbocycles. The molecule has 3 aromatic rings. The Morgan fingerprint density at radius 2 is 2.17 bits per heavy atom. The predicted octanol–water partition coefficient (Wildman–Crippen LogP) is 4.84. The van der Waals surface area contributed by atoms with Gasteiger partial charge in [0.1, 0.15) is 16.4 Å². The first-order chi connectivity index (χ1) is 11.5. The number of hydrogen-bond acceptors (Lipinski definition) is 6. The second-order valence-electron chi connectivity index (χ2n) is 5.59. The van der Waals surface area contributed by atoms with Gasteiger partial charge >= 0.3 is 0 Å². The highest BCUT2D eigenvalue weighted by atomic mass is 35.5. The molecule has 1 aliphatic rings. The molecule has 0 spiro atoms. The average molecular weight is 362 g/mol. The van der Waals surface area contributed by atoms with Crippen LogP contribution in [0.5, 0.6) is 11.6 Å². The van der Waals surface area contributed by atoms with Gasteiger partial charge in [-0.1, -0.05) is 11.6 Å². The number of halogens is 1. The number of benzene rings is 1. The standard InChI is InChI=1S/C16H12ClN3O3S/c1-8-18-15(14-10-3-2-4-13(10)24-16(14)19-8)23-12-6-5-9(20(21)22)7-11(12)17/h5-7H,2-4H2,1H3. The number of ether oxygens (including phenoxy) is 1. The molecule has 0 fully saturated rings. The minimum absolute atomic E-state index is 0.0761. The largest absolute Gasteiger partial charge is 0.437 e. The number of hydrogen-bond donors (Lipinski definition) is 0. The van der Waals surface area contributed by atoms with Crippen LogP contribution in [0, 0.1) is 17.0 Å². The summed E-state index contributed by atoms with van der Waals surface area (Å²) in [6, 6.07) is 4.14. The molecule has 2 heterocycles. The van der Waals surface area contributed by atoms with E-state index >= 15 is 0 Å². The van der Waals surface area contributed by atoms with E-state index in [0.717, 1.165) is 29.5 Å². The van der Waals surface area contributed by atoms with Crippen molar-refractivity contribution in [3.8, 4) is 11.6 Å². The van der Waals surface area contributed by atoms with Crippen molar-refractivity contribution in [2.45, 2.75) is 26.2 Å². The molecule has 0 saturated heterocycles. The smallest absolute Gasteiger partial charge is 0.271 e. The van der Waals surface area contributed by atoms with Crippen molar-refractivity contribution in [3.63, 3.8) is 0 Å². The molecule has 2 aromatic heterocycles. The van der Waals surface area contributed by atoms with Crippen molar-refractivity contribution in [2.24, 2.45) is 0 Å². The van der Waals surface area contributed by atoms with E-state index in [0.29, 0.717) is 17.5 Å². The number of aryl methyl sites for hydroxylation is 3. The molecule has 6 nitrogen and oxygen atoms in total. The summed E-state index contributed by atoms with van der Waals surface area (Å²) in [6.07, 6.45) is 3.18. The second-order valence-corrected chi connectivity index (χ2v) is 7.08. The third-order valence-electron chi connectivity index (χ3n) is 3.98. The summed E-state index contributed by atoms with van der Waals surface area (Å²) in [7, 11) is 0. The number of aromatic nitrogens is 2. The number of fused-ring (bicyclic) bond motifs is 3. The summed E-state index contributed by atoms with van der Waals surface area (Å²) in [5.41, 5.74) is 1.18. The van der Waals surface area contributed by atoms with Gasteiger partial charge in [-0.05, 0) is 37.8 Å². The first-order valence-corrected chi connectivity index (χ1v) is 8.63. The lowest BCUT2D eigenvalue weighted by Gasteiger charge is -2.09. The van der Waals surface area contributed by atoms with Gasteiger partial charge < -0.3 is 4.74 Å². The van der Waals surface area contributed by atoms with E-state index in [1.807, 2.05) is 6.92 Å². The van der Waals surface area contributed by atoms with Crippen molar-refractivity contribution in [1.29, 1.82) is 0 Å². The SMILES string of the molecule is Cc1nc(Oc2ccc([N+](=O)[O-])cc2Cl)c2c3c(sc2n1)CCC3. The van der Waals surface area contributed by atoms with Gasteiger partial charge in [-0.3, -0.25) is 10.1 Å². The maximum absolute atomic E-state index is 10.8. The summed E-state index contributed by atoms with van der Waals surface area (Å²) in [4.78, 5) is 21.5. The third kappa shape index (κ3) is 2.50. The molecule has 0 amide bonds. The van der Waals surface area contributed by atoms with Gasteiger partial charge in [-0.2, -0.15) is 4.98 Å². The molecular formula is C16H12ClN3O3S. The van der Waals surface area contributed by atoms with Crippen LogP contribution in [0.2, 0.25) is 5.02 Å². The van der Waals surface area contributed by atoms with E-state index in [9.17, 15) is 10.1 Å². The van der Waals surface area contributed by atoms with E-state index in [4.69, 9.17) is 16.3 Å². The monoisotopic (exact) mass is 361 g/mol. The Balaban J connectivity index is 1.81. The van der Waals surface area contributed by atoms with Crippen molar-refractivity contribution < 1.29 is 9.66 Å². The molecule has 0 aliphatic heterocycles. The predicted molar refractivity (Wildman–Crippen MR) is 92.4 cm³/mol. The Morgan fingerprint density at radius 3 is 2.92 bits per heavy atom. The van der Waals surface area contributed by atoms with Gasteiger partial charge in [0.25, 0.3) is 5.69 Å². The molecule has 0 unspecified atom stereocenters. The van der Waals surface area contributed by atoms with Crippen LogP contribution in [0.15, 0.2) is 18.2 Å². The fraction of sp³-hybridized carbons (Fsp3) is 0.250. The van der Waals surface area contributed by atoms with Crippen LogP contribution in [0.1, 0.15) is 22.7 Å². The highest BCUT2D eigenvalue weighted by molar-refractivity contribution is 7.19. The van der Waals surface area contributed by atoms with E-state index in [1.54, 1.807) is 11.3 Å². The van der Waals surface area contributed by atoms with Gasteiger partial charge in [0.05, 0.1) is 15.3 Å². The summed E-state index contributed by atoms with van der Waals surface area (Å²) < 4.78 is 5.92. The molecule has 1 aliphatic carbocycles. The maximum atomic E-state index is 10.8. The first kappa shape index (κ1) is 15.3. The Kier molecular flexibility index (Phi) is 3.62. The van der Waals surface area contributed by atoms with Gasteiger partial charge in [-0.25, -0.2) is 4.98 Å². The van der Waals surface area contributed by atoms with Crippen molar-refractivity contribution in [3.05, 3.63) is 49.6 Å². The quantitative estimate of drug-likeness (QED) is 0.492. The number of nitro benzene ring substituents is 1. The normalized spacial score (nSPS) is 13.2. The molecular weight excluding hydrogens is 350 g/mol. The zero-order chi connectivity index (χ0) is 16.8. The lowest BCUT2D eigenvalue weighted by molar-refractivity contribution is -0.384. The molecule has 0 bridgehead atoms. The first-order valence-electron chi connectivity index (χ1n) is 7.43. The molecule has 1 aromatic carbocycles. The van der Waals surface area contributed by atoms with Gasteiger partial charge in [0.2, 0.25) is 5.88 Å². The minimum atomic E-state index is -0.492. The lowest BCUT2D eigenvalue weighted by atomic mass is 10.2. The zero-order valence-electron chi connectivity index (χ0n) is 12.7. The topological polar surface area (TPSA) is 78.2 Å². The Morgan fingerprint density at radius 1 is 1.33 bits per heavy atom. The van der Waals surface area contributed by atoms with Crippen molar-refractivity contribution in [1.82, 2.24) is 9.97 Å². The minimum Gasteiger partial charge on any atom is -0.437 e. The molecule has 0 radical (unpaired) electrons. The highest BCUT2D eigenvalue weighted by Crippen LogP contribution is 2.42. The zero-order valence-corrected chi connectivity index (χ0v) is 14.3. The van der Waals surface area contributed by atoms with Gasteiger partial charge in [0.15, 0.2) is 0 Å². The summed E-state index contributed by atoms with van der Waals surface area (Å²) in [6.45, 7) is 1.81. The number of nitrogens with zero attached hydrogens (tertiary/aromatic N) is 3. The van der Waals surface area contributed by atoms with E-state index in [1.165, 1.54) is 28.6 Å². The van der Waals surface area contributed by atoms with Crippen LogP contribution in [-0.2, 0) is 12.8 Å². The molecule has 122 valence electrons. The second kappa shape index (κ2) is 5.68. The molecule has 24 heavy (non-hydrogen) atoms. The van der Waals surface area contributed by atoms with Crippen LogP contribution < -0.4 is 4.74 Å². The summed E-state index contributed by atoms with van der Waals surface area (Å²) >= 11 is 7.82.